The van der Waals surface area contributed by atoms with Gasteiger partial charge in [0.15, 0.2) is 0 Å². The highest BCUT2D eigenvalue weighted by molar-refractivity contribution is 7.98. The Morgan fingerprint density at radius 1 is 1.12 bits per heavy atom. The fourth-order valence-electron chi connectivity index (χ4n) is 2.07. The molecule has 0 amide bonds. The summed E-state index contributed by atoms with van der Waals surface area (Å²) in [6.45, 7) is 0.698. The number of thiazole rings is 1. The fourth-order valence-corrected chi connectivity index (χ4v) is 4.42. The van der Waals surface area contributed by atoms with Crippen molar-refractivity contribution in [3.05, 3.63) is 57.9 Å². The van der Waals surface area contributed by atoms with Gasteiger partial charge >= 0.3 is 0 Å². The van der Waals surface area contributed by atoms with Gasteiger partial charge in [0.25, 0.3) is 0 Å². The zero-order valence-corrected chi connectivity index (χ0v) is 14.9. The Bertz CT molecular complexity index is 900. The van der Waals surface area contributed by atoms with Crippen molar-refractivity contribution in [2.75, 3.05) is 0 Å². The third kappa shape index (κ3) is 3.53. The van der Waals surface area contributed by atoms with Crippen LogP contribution in [0.3, 0.4) is 0 Å². The summed E-state index contributed by atoms with van der Waals surface area (Å²) in [6.07, 6.45) is 1.78. The number of rotatable bonds is 6. The van der Waals surface area contributed by atoms with Crippen molar-refractivity contribution >= 4 is 34.4 Å². The Morgan fingerprint density at radius 2 is 2.12 bits per heavy atom. The van der Waals surface area contributed by atoms with E-state index in [0.717, 1.165) is 27.3 Å². The molecular formula is C15H12N6S3. The molecule has 0 fully saturated rings. The van der Waals surface area contributed by atoms with Gasteiger partial charge < -0.3 is 0 Å². The van der Waals surface area contributed by atoms with Crippen LogP contribution in [0.2, 0.25) is 0 Å². The second-order valence-electron chi connectivity index (χ2n) is 4.85. The zero-order valence-electron chi connectivity index (χ0n) is 12.4. The van der Waals surface area contributed by atoms with E-state index in [1.165, 1.54) is 4.88 Å². The molecule has 0 spiro atoms. The second-order valence-corrected chi connectivity index (χ2v) is 7.68. The molecule has 0 unspecified atom stereocenters. The predicted octanol–water partition coefficient (Wildman–Crippen LogP) is 3.59. The molecule has 4 rings (SSSR count). The Morgan fingerprint density at radius 3 is 2.96 bits per heavy atom. The molecule has 0 aliphatic rings. The monoisotopic (exact) mass is 372 g/mol. The molecule has 0 aromatic carbocycles. The van der Waals surface area contributed by atoms with E-state index in [1.54, 1.807) is 40.6 Å². The van der Waals surface area contributed by atoms with Crippen LogP contribution in [0.4, 0.5) is 0 Å². The normalized spacial score (nSPS) is 11.0. The van der Waals surface area contributed by atoms with Crippen LogP contribution >= 0.6 is 34.4 Å². The van der Waals surface area contributed by atoms with Gasteiger partial charge in [0, 0.05) is 22.2 Å². The maximum absolute atomic E-state index is 4.64. The Labute approximate surface area is 150 Å². The molecule has 24 heavy (non-hydrogen) atoms. The topological polar surface area (TPSA) is 69.4 Å². The van der Waals surface area contributed by atoms with Crippen molar-refractivity contribution < 1.29 is 0 Å². The lowest BCUT2D eigenvalue weighted by atomic mass is 10.4. The van der Waals surface area contributed by atoms with Gasteiger partial charge in [0.05, 0.1) is 17.9 Å². The molecule has 6 nitrogen and oxygen atoms in total. The first kappa shape index (κ1) is 15.4. The highest BCUT2D eigenvalue weighted by Gasteiger charge is 2.11. The third-order valence-electron chi connectivity index (χ3n) is 3.17. The number of nitrogens with zero attached hydrogens (tertiary/aromatic N) is 6. The van der Waals surface area contributed by atoms with Gasteiger partial charge in [-0.05, 0) is 34.0 Å². The summed E-state index contributed by atoms with van der Waals surface area (Å²) in [6, 6.07) is 9.96. The summed E-state index contributed by atoms with van der Waals surface area (Å²) >= 11 is 4.90. The highest BCUT2D eigenvalue weighted by Crippen LogP contribution is 2.26. The summed E-state index contributed by atoms with van der Waals surface area (Å²) in [5.74, 6) is 0.730. The molecule has 4 aromatic heterocycles. The minimum absolute atomic E-state index is 0.698. The number of thioether (sulfide) groups is 1. The summed E-state index contributed by atoms with van der Waals surface area (Å²) in [5, 5.41) is 17.8. The van der Waals surface area contributed by atoms with Gasteiger partial charge in [-0.3, -0.25) is 4.98 Å². The van der Waals surface area contributed by atoms with Crippen LogP contribution in [0.1, 0.15) is 10.6 Å². The van der Waals surface area contributed by atoms with E-state index in [-0.39, 0.29) is 0 Å². The van der Waals surface area contributed by atoms with Gasteiger partial charge in [-0.2, -0.15) is 0 Å². The summed E-state index contributed by atoms with van der Waals surface area (Å²) < 4.78 is 1.82. The SMILES string of the molecule is c1ccc(-c2nc(CSc3nnnn3Cc3cccs3)cs2)nc1. The standard InChI is InChI=1S/C15H12N6S3/c1-2-6-16-13(5-1)14-17-11(9-23-14)10-24-15-18-19-20-21(15)8-12-4-3-7-22-12/h1-7,9H,8,10H2. The van der Waals surface area contributed by atoms with Crippen LogP contribution in [0.5, 0.6) is 0 Å². The maximum Gasteiger partial charge on any atom is 0.210 e. The molecule has 0 atom stereocenters. The number of thiophene rings is 1. The first-order valence-corrected chi connectivity index (χ1v) is 9.90. The molecule has 4 aromatic rings. The molecule has 0 saturated heterocycles. The highest BCUT2D eigenvalue weighted by atomic mass is 32.2. The molecule has 0 radical (unpaired) electrons. The minimum Gasteiger partial charge on any atom is -0.254 e. The Kier molecular flexibility index (Phi) is 4.63. The fraction of sp³-hybridized carbons (Fsp3) is 0.133. The van der Waals surface area contributed by atoms with Gasteiger partial charge in [0.2, 0.25) is 5.16 Å². The van der Waals surface area contributed by atoms with Crippen molar-refractivity contribution in [1.29, 1.82) is 0 Å². The van der Waals surface area contributed by atoms with Crippen LogP contribution in [0, 0.1) is 0 Å². The predicted molar refractivity (Wildman–Crippen MR) is 96.1 cm³/mol. The van der Waals surface area contributed by atoms with Crippen LogP contribution < -0.4 is 0 Å². The van der Waals surface area contributed by atoms with Crippen molar-refractivity contribution in [3.63, 3.8) is 0 Å². The van der Waals surface area contributed by atoms with Crippen LogP contribution in [0.15, 0.2) is 52.4 Å². The molecule has 9 heteroatoms. The van der Waals surface area contributed by atoms with Crippen molar-refractivity contribution in [3.8, 4) is 10.7 Å². The lowest BCUT2D eigenvalue weighted by Crippen LogP contribution is -2.02. The molecule has 0 aliphatic heterocycles. The van der Waals surface area contributed by atoms with Gasteiger partial charge in [-0.1, -0.05) is 23.9 Å². The van der Waals surface area contributed by atoms with Crippen LogP contribution in [0.25, 0.3) is 10.7 Å². The smallest absolute Gasteiger partial charge is 0.210 e. The number of hydrogen-bond acceptors (Lipinski definition) is 8. The van der Waals surface area contributed by atoms with Crippen molar-refractivity contribution in [1.82, 2.24) is 30.2 Å². The third-order valence-corrected chi connectivity index (χ3v) is 5.94. The average molecular weight is 373 g/mol. The second kappa shape index (κ2) is 7.20. The Balaban J connectivity index is 1.43. The van der Waals surface area contributed by atoms with E-state index in [4.69, 9.17) is 0 Å². The first-order valence-electron chi connectivity index (χ1n) is 7.15. The minimum atomic E-state index is 0.698. The summed E-state index contributed by atoms with van der Waals surface area (Å²) in [7, 11) is 0. The number of tetrazole rings is 1. The van der Waals surface area contributed by atoms with Crippen LogP contribution in [-0.4, -0.2) is 30.2 Å². The Hall–Kier alpha value is -2.10. The largest absolute Gasteiger partial charge is 0.254 e. The summed E-state index contributed by atoms with van der Waals surface area (Å²) in [5.41, 5.74) is 1.91. The van der Waals surface area contributed by atoms with Gasteiger partial charge in [0.1, 0.15) is 5.01 Å². The number of aromatic nitrogens is 6. The number of pyridine rings is 1. The molecule has 0 saturated carbocycles. The molecule has 120 valence electrons. The van der Waals surface area contributed by atoms with Crippen LogP contribution in [-0.2, 0) is 12.3 Å². The van der Waals surface area contributed by atoms with Gasteiger partial charge in [-0.15, -0.1) is 27.8 Å². The van der Waals surface area contributed by atoms with E-state index in [9.17, 15) is 0 Å². The lowest BCUT2D eigenvalue weighted by molar-refractivity contribution is 0.608. The van der Waals surface area contributed by atoms with E-state index < -0.39 is 0 Å². The molecule has 0 bridgehead atoms. The molecular weight excluding hydrogens is 360 g/mol. The van der Waals surface area contributed by atoms with Crippen molar-refractivity contribution in [2.24, 2.45) is 0 Å². The quantitative estimate of drug-likeness (QED) is 0.482. The van der Waals surface area contributed by atoms with Crippen molar-refractivity contribution in [2.45, 2.75) is 17.5 Å². The number of hydrogen-bond donors (Lipinski definition) is 0. The molecule has 0 aliphatic carbocycles. The zero-order chi connectivity index (χ0) is 16.2. The average Bonchev–Trinajstić information content (AvgIpc) is 3.37. The van der Waals surface area contributed by atoms with E-state index in [0.29, 0.717) is 6.54 Å². The van der Waals surface area contributed by atoms with E-state index >= 15 is 0 Å². The molecule has 4 heterocycles. The lowest BCUT2D eigenvalue weighted by Gasteiger charge is -2.01. The van der Waals surface area contributed by atoms with Gasteiger partial charge in [-0.25, -0.2) is 9.67 Å². The van der Waals surface area contributed by atoms with E-state index in [2.05, 4.69) is 42.3 Å². The molecule has 0 N–H and O–H groups in total. The maximum atomic E-state index is 4.64. The first-order chi connectivity index (χ1) is 11.9. The van der Waals surface area contributed by atoms with E-state index in [1.807, 2.05) is 28.9 Å². The summed E-state index contributed by atoms with van der Waals surface area (Å²) in [4.78, 5) is 10.2.